The van der Waals surface area contributed by atoms with Gasteiger partial charge in [0.05, 0.1) is 0 Å². The molecule has 7 heteroatoms. The molecule has 3 N–H and O–H groups in total. The zero-order chi connectivity index (χ0) is 17.7. The summed E-state index contributed by atoms with van der Waals surface area (Å²) in [4.78, 5) is 20.6. The van der Waals surface area contributed by atoms with Gasteiger partial charge in [-0.05, 0) is 38.7 Å². The zero-order valence-corrected chi connectivity index (χ0v) is 13.6. The molecular weight excluding hydrogens is 303 g/mol. The molecule has 0 saturated carbocycles. The Morgan fingerprint density at radius 1 is 1.13 bits per heavy atom. The molecule has 0 fully saturated rings. The number of benzene rings is 1. The van der Waals surface area contributed by atoms with Gasteiger partial charge in [-0.3, -0.25) is 0 Å². The first-order valence-corrected chi connectivity index (χ1v) is 7.55. The number of rotatable bonds is 8. The van der Waals surface area contributed by atoms with Crippen LogP contribution in [0.2, 0.25) is 0 Å². The van der Waals surface area contributed by atoms with Crippen molar-refractivity contribution >= 4 is 11.9 Å². The lowest BCUT2D eigenvalue weighted by molar-refractivity contribution is -0.159. The summed E-state index contributed by atoms with van der Waals surface area (Å²) in [6.45, 7) is 9.22. The van der Waals surface area contributed by atoms with E-state index in [1.54, 1.807) is 6.07 Å². The van der Waals surface area contributed by atoms with Gasteiger partial charge in [-0.25, -0.2) is 14.0 Å². The molecule has 0 radical (unpaired) electrons. The largest absolute Gasteiger partial charge is 0.473 e. The Labute approximate surface area is 135 Å². The van der Waals surface area contributed by atoms with E-state index < -0.39 is 11.9 Å². The van der Waals surface area contributed by atoms with E-state index in [2.05, 4.69) is 24.1 Å². The lowest BCUT2D eigenvalue weighted by atomic mass is 10.2. The second kappa shape index (κ2) is 12.5. The summed E-state index contributed by atoms with van der Waals surface area (Å²) in [7, 11) is 0. The van der Waals surface area contributed by atoms with Gasteiger partial charge in [-0.1, -0.05) is 32.0 Å². The van der Waals surface area contributed by atoms with Crippen LogP contribution in [0.4, 0.5) is 4.39 Å². The summed E-state index contributed by atoms with van der Waals surface area (Å²) in [5.74, 6) is -3.77. The summed E-state index contributed by atoms with van der Waals surface area (Å²) < 4.78 is 13.3. The van der Waals surface area contributed by atoms with Crippen molar-refractivity contribution < 1.29 is 24.2 Å². The number of nitrogens with zero attached hydrogens (tertiary/aromatic N) is 1. The van der Waals surface area contributed by atoms with Gasteiger partial charge in [0.2, 0.25) is 0 Å². The lowest BCUT2D eigenvalue weighted by Gasteiger charge is -2.17. The van der Waals surface area contributed by atoms with E-state index >= 15 is 0 Å². The van der Waals surface area contributed by atoms with Gasteiger partial charge in [0.1, 0.15) is 5.82 Å². The van der Waals surface area contributed by atoms with Crippen LogP contribution in [0.25, 0.3) is 0 Å². The standard InChI is InChI=1S/C14H23FN2.C2H2O4/c1-3-17(4-2)11-7-10-16-12-13-8-5-6-9-14(13)15;3-1(4)2(5)6/h5-6,8-9,16H,3-4,7,10-12H2,1-2H3;(H,3,4)(H,5,6). The highest BCUT2D eigenvalue weighted by atomic mass is 19.1. The van der Waals surface area contributed by atoms with Crippen molar-refractivity contribution in [3.8, 4) is 0 Å². The fourth-order valence-corrected chi connectivity index (χ4v) is 1.83. The third-order valence-corrected chi connectivity index (χ3v) is 3.18. The third kappa shape index (κ3) is 10.4. The molecule has 0 bridgehead atoms. The average molecular weight is 328 g/mol. The highest BCUT2D eigenvalue weighted by Crippen LogP contribution is 2.05. The zero-order valence-electron chi connectivity index (χ0n) is 13.6. The number of carboxylic acid groups (broad SMARTS) is 2. The first-order valence-electron chi connectivity index (χ1n) is 7.55. The molecule has 0 aliphatic rings. The molecule has 0 spiro atoms. The maximum atomic E-state index is 13.3. The van der Waals surface area contributed by atoms with Crippen molar-refractivity contribution in [1.29, 1.82) is 0 Å². The van der Waals surface area contributed by atoms with Gasteiger partial charge in [0.15, 0.2) is 0 Å². The lowest BCUT2D eigenvalue weighted by Crippen LogP contribution is -2.27. The van der Waals surface area contributed by atoms with E-state index in [0.29, 0.717) is 6.54 Å². The molecule has 0 atom stereocenters. The number of aliphatic carboxylic acids is 2. The Morgan fingerprint density at radius 2 is 1.70 bits per heavy atom. The smallest absolute Gasteiger partial charge is 0.414 e. The SMILES string of the molecule is CCN(CC)CCCNCc1ccccc1F.O=C(O)C(=O)O. The molecule has 0 aliphatic carbocycles. The molecule has 0 aromatic heterocycles. The van der Waals surface area contributed by atoms with Crippen LogP contribution >= 0.6 is 0 Å². The van der Waals surface area contributed by atoms with Crippen LogP contribution in [-0.4, -0.2) is 53.2 Å². The van der Waals surface area contributed by atoms with Gasteiger partial charge in [0.25, 0.3) is 0 Å². The third-order valence-electron chi connectivity index (χ3n) is 3.18. The monoisotopic (exact) mass is 328 g/mol. The highest BCUT2D eigenvalue weighted by Gasteiger charge is 2.04. The minimum Gasteiger partial charge on any atom is -0.473 e. The predicted octanol–water partition coefficient (Wildman–Crippen LogP) is 1.80. The fraction of sp³-hybridized carbons (Fsp3) is 0.500. The Balaban J connectivity index is 0.000000688. The average Bonchev–Trinajstić information content (AvgIpc) is 2.53. The van der Waals surface area contributed by atoms with Gasteiger partial charge in [-0.15, -0.1) is 0 Å². The summed E-state index contributed by atoms with van der Waals surface area (Å²) >= 11 is 0. The van der Waals surface area contributed by atoms with Crippen LogP contribution in [0.5, 0.6) is 0 Å². The van der Waals surface area contributed by atoms with Gasteiger partial charge in [0, 0.05) is 12.1 Å². The molecule has 130 valence electrons. The second-order valence-corrected chi connectivity index (χ2v) is 4.76. The van der Waals surface area contributed by atoms with E-state index in [-0.39, 0.29) is 5.82 Å². The number of nitrogens with one attached hydrogen (secondary N) is 1. The molecule has 0 amide bonds. The Morgan fingerprint density at radius 3 is 2.17 bits per heavy atom. The molecule has 1 aromatic carbocycles. The van der Waals surface area contributed by atoms with Crippen LogP contribution in [0, 0.1) is 5.82 Å². The molecule has 1 aromatic rings. The van der Waals surface area contributed by atoms with E-state index in [1.807, 2.05) is 12.1 Å². The molecule has 23 heavy (non-hydrogen) atoms. The van der Waals surface area contributed by atoms with Gasteiger partial charge in [-0.2, -0.15) is 0 Å². The van der Waals surface area contributed by atoms with Crippen molar-refractivity contribution in [2.45, 2.75) is 26.8 Å². The normalized spacial score (nSPS) is 10.1. The summed E-state index contributed by atoms with van der Waals surface area (Å²) in [6, 6.07) is 6.93. The number of carboxylic acids is 2. The van der Waals surface area contributed by atoms with Crippen molar-refractivity contribution in [1.82, 2.24) is 10.2 Å². The first-order chi connectivity index (χ1) is 10.9. The van der Waals surface area contributed by atoms with Gasteiger partial charge >= 0.3 is 11.9 Å². The summed E-state index contributed by atoms with van der Waals surface area (Å²) in [5, 5.41) is 18.1. The van der Waals surface area contributed by atoms with E-state index in [4.69, 9.17) is 19.8 Å². The summed E-state index contributed by atoms with van der Waals surface area (Å²) in [6.07, 6.45) is 1.11. The summed E-state index contributed by atoms with van der Waals surface area (Å²) in [5.41, 5.74) is 0.746. The number of hydrogen-bond acceptors (Lipinski definition) is 4. The maximum absolute atomic E-state index is 13.3. The van der Waals surface area contributed by atoms with Gasteiger partial charge < -0.3 is 20.4 Å². The van der Waals surface area contributed by atoms with Crippen molar-refractivity contribution in [2.75, 3.05) is 26.2 Å². The van der Waals surface area contributed by atoms with E-state index in [9.17, 15) is 4.39 Å². The predicted molar refractivity (Wildman–Crippen MR) is 85.8 cm³/mol. The molecule has 1 rings (SSSR count). The van der Waals surface area contributed by atoms with Crippen molar-refractivity contribution in [2.24, 2.45) is 0 Å². The molecule has 6 nitrogen and oxygen atoms in total. The van der Waals surface area contributed by atoms with E-state index in [0.717, 1.165) is 38.2 Å². The topological polar surface area (TPSA) is 89.9 Å². The fourth-order valence-electron chi connectivity index (χ4n) is 1.83. The Kier molecular flexibility index (Phi) is 11.5. The highest BCUT2D eigenvalue weighted by molar-refractivity contribution is 6.27. The number of halogens is 1. The minimum absolute atomic E-state index is 0.122. The first kappa shape index (κ1) is 21.0. The van der Waals surface area contributed by atoms with Crippen molar-refractivity contribution in [3.63, 3.8) is 0 Å². The Bertz CT molecular complexity index is 467. The molecule has 0 heterocycles. The van der Waals surface area contributed by atoms with Crippen LogP contribution in [0.1, 0.15) is 25.8 Å². The molecule has 0 saturated heterocycles. The molecular formula is C16H25FN2O4. The van der Waals surface area contributed by atoms with Crippen LogP contribution < -0.4 is 5.32 Å². The molecule has 0 unspecified atom stereocenters. The Hall–Kier alpha value is -1.99. The molecule has 0 aliphatic heterocycles. The second-order valence-electron chi connectivity index (χ2n) is 4.76. The minimum atomic E-state index is -1.82. The quantitative estimate of drug-likeness (QED) is 0.498. The number of hydrogen-bond donors (Lipinski definition) is 3. The number of carbonyl (C=O) groups is 2. The van der Waals surface area contributed by atoms with Crippen LogP contribution in [-0.2, 0) is 16.1 Å². The van der Waals surface area contributed by atoms with Crippen LogP contribution in [0.15, 0.2) is 24.3 Å². The maximum Gasteiger partial charge on any atom is 0.414 e. The van der Waals surface area contributed by atoms with Crippen LogP contribution in [0.3, 0.4) is 0 Å². The van der Waals surface area contributed by atoms with Crippen molar-refractivity contribution in [3.05, 3.63) is 35.6 Å². The van der Waals surface area contributed by atoms with E-state index in [1.165, 1.54) is 6.07 Å².